The lowest BCUT2D eigenvalue weighted by atomic mass is 9.91. The van der Waals surface area contributed by atoms with Crippen LogP contribution in [0.25, 0.3) is 0 Å². The van der Waals surface area contributed by atoms with Crippen LogP contribution in [0.1, 0.15) is 71.1 Å². The van der Waals surface area contributed by atoms with E-state index in [2.05, 4.69) is 19.1 Å². The topological polar surface area (TPSA) is 72.8 Å². The lowest BCUT2D eigenvalue weighted by Crippen LogP contribution is -2.42. The van der Waals surface area contributed by atoms with Crippen LogP contribution in [-0.4, -0.2) is 36.9 Å². The Labute approximate surface area is 163 Å². The third-order valence-electron chi connectivity index (χ3n) is 5.44. The Kier molecular flexibility index (Phi) is 11.2. The van der Waals surface area contributed by atoms with Crippen LogP contribution in [0, 0.1) is 11.8 Å². The Balaban J connectivity index is 2.43. The van der Waals surface area contributed by atoms with Gasteiger partial charge in [0.05, 0.1) is 0 Å². The van der Waals surface area contributed by atoms with E-state index in [9.17, 15) is 14.7 Å². The van der Waals surface area contributed by atoms with Crippen LogP contribution in [-0.2, 0) is 19.1 Å². The number of rotatable bonds is 14. The number of carboxylic acids is 1. The first-order valence-corrected chi connectivity index (χ1v) is 10.2. The number of hydrogen-bond acceptors (Lipinski definition) is 4. The fourth-order valence-corrected chi connectivity index (χ4v) is 3.63. The van der Waals surface area contributed by atoms with Crippen molar-refractivity contribution in [2.75, 3.05) is 14.2 Å². The number of ketones is 1. The molecule has 1 aliphatic carbocycles. The molecule has 0 radical (unpaired) electrons. The average molecular weight is 381 g/mol. The molecule has 2 atom stereocenters. The largest absolute Gasteiger partial charge is 0.477 e. The van der Waals surface area contributed by atoms with Crippen LogP contribution in [0.4, 0.5) is 0 Å². The summed E-state index contributed by atoms with van der Waals surface area (Å²) >= 11 is 0. The van der Waals surface area contributed by atoms with E-state index in [4.69, 9.17) is 9.47 Å². The molecule has 5 nitrogen and oxygen atoms in total. The van der Waals surface area contributed by atoms with Crippen molar-refractivity contribution in [3.8, 4) is 0 Å². The molecule has 0 aromatic carbocycles. The summed E-state index contributed by atoms with van der Waals surface area (Å²) in [5.41, 5.74) is 0. The van der Waals surface area contributed by atoms with Crippen molar-refractivity contribution in [2.45, 2.75) is 76.9 Å². The highest BCUT2D eigenvalue weighted by molar-refractivity contribution is 5.83. The third kappa shape index (κ3) is 7.59. The van der Waals surface area contributed by atoms with Crippen LogP contribution >= 0.6 is 0 Å². The number of allylic oxidation sites excluding steroid dienone is 4. The monoisotopic (exact) mass is 380 g/mol. The summed E-state index contributed by atoms with van der Waals surface area (Å²) in [6.07, 6.45) is 17.6. The molecular formula is C22H36O5. The molecule has 0 aromatic heterocycles. The second kappa shape index (κ2) is 12.8. The van der Waals surface area contributed by atoms with Gasteiger partial charge in [-0.25, -0.2) is 4.79 Å². The molecule has 0 heterocycles. The Morgan fingerprint density at radius 3 is 2.52 bits per heavy atom. The molecule has 0 aliphatic heterocycles. The molecule has 1 fully saturated rings. The molecule has 0 spiro atoms. The van der Waals surface area contributed by atoms with E-state index < -0.39 is 11.8 Å². The molecule has 1 aliphatic rings. The Morgan fingerprint density at radius 2 is 1.89 bits per heavy atom. The normalized spacial score (nSPS) is 20.9. The summed E-state index contributed by atoms with van der Waals surface area (Å²) in [7, 11) is 2.66. The fourth-order valence-electron chi connectivity index (χ4n) is 3.63. The predicted octanol–water partition coefficient (Wildman–Crippen LogP) is 4.91. The van der Waals surface area contributed by atoms with Gasteiger partial charge in [-0.2, -0.15) is 0 Å². The van der Waals surface area contributed by atoms with E-state index in [-0.39, 0.29) is 12.3 Å². The van der Waals surface area contributed by atoms with E-state index in [0.717, 1.165) is 12.8 Å². The molecule has 27 heavy (non-hydrogen) atoms. The van der Waals surface area contributed by atoms with Gasteiger partial charge in [-0.3, -0.25) is 4.79 Å². The zero-order valence-electron chi connectivity index (χ0n) is 17.1. The summed E-state index contributed by atoms with van der Waals surface area (Å²) < 4.78 is 10.0. The molecule has 1 saturated carbocycles. The second-order valence-electron chi connectivity index (χ2n) is 7.26. The Hall–Kier alpha value is -1.46. The molecule has 0 bridgehead atoms. The molecule has 0 saturated heterocycles. The van der Waals surface area contributed by atoms with Crippen LogP contribution in [0.5, 0.6) is 0 Å². The van der Waals surface area contributed by atoms with Gasteiger partial charge in [0.1, 0.15) is 5.78 Å². The van der Waals surface area contributed by atoms with Crippen molar-refractivity contribution in [3.63, 3.8) is 0 Å². The summed E-state index contributed by atoms with van der Waals surface area (Å²) in [5, 5.41) is 9.25. The summed E-state index contributed by atoms with van der Waals surface area (Å²) in [6.45, 7) is 2.21. The van der Waals surface area contributed by atoms with Crippen LogP contribution in [0.3, 0.4) is 0 Å². The van der Waals surface area contributed by atoms with Crippen molar-refractivity contribution < 1.29 is 24.2 Å². The summed E-state index contributed by atoms with van der Waals surface area (Å²) in [4.78, 5) is 23.5. The predicted molar refractivity (Wildman–Crippen MR) is 106 cm³/mol. The number of ether oxygens (including phenoxy) is 2. The number of methoxy groups -OCH3 is 2. The van der Waals surface area contributed by atoms with Gasteiger partial charge in [0.25, 0.3) is 5.79 Å². The molecule has 1 rings (SSSR count). The van der Waals surface area contributed by atoms with E-state index >= 15 is 0 Å². The third-order valence-corrected chi connectivity index (χ3v) is 5.44. The van der Waals surface area contributed by atoms with Gasteiger partial charge in [0.2, 0.25) is 0 Å². The number of carbonyl (C=O) groups is 2. The van der Waals surface area contributed by atoms with Crippen LogP contribution in [0.15, 0.2) is 24.3 Å². The molecule has 0 aromatic rings. The molecular weight excluding hydrogens is 344 g/mol. The minimum absolute atomic E-state index is 0.0576. The van der Waals surface area contributed by atoms with Crippen LogP contribution < -0.4 is 0 Å². The molecule has 1 N–H and O–H groups in total. The number of Topliss-reactive ketones (excluding diaryl/α,β-unsaturated/α-hetero) is 1. The van der Waals surface area contributed by atoms with Gasteiger partial charge in [0, 0.05) is 33.0 Å². The van der Waals surface area contributed by atoms with E-state index in [1.807, 2.05) is 12.2 Å². The number of carboxylic acid groups (broad SMARTS) is 1. The molecule has 0 amide bonds. The first kappa shape index (κ1) is 23.6. The van der Waals surface area contributed by atoms with Crippen molar-refractivity contribution >= 4 is 11.8 Å². The second-order valence-corrected chi connectivity index (χ2v) is 7.26. The maximum atomic E-state index is 12.2. The van der Waals surface area contributed by atoms with Gasteiger partial charge >= 0.3 is 5.97 Å². The van der Waals surface area contributed by atoms with Crippen LogP contribution in [0.2, 0.25) is 0 Å². The zero-order chi connectivity index (χ0) is 20.1. The lowest BCUT2D eigenvalue weighted by Gasteiger charge is -2.25. The van der Waals surface area contributed by atoms with E-state index in [1.165, 1.54) is 39.9 Å². The van der Waals surface area contributed by atoms with Gasteiger partial charge in [0.15, 0.2) is 0 Å². The standard InChI is InChI=1S/C22H36O5/c1-4-5-6-7-8-10-13-18-15-16-20(23)19(18)14-11-9-12-17-22(26-2,27-3)21(24)25/h9-11,13,18-19H,4-8,12,14-17H2,1-3H3,(H,24,25)/t18-,19+/m0/s1. The number of hydrogen-bond donors (Lipinski definition) is 1. The first-order chi connectivity index (χ1) is 13.0. The summed E-state index contributed by atoms with van der Waals surface area (Å²) in [6, 6.07) is 0. The van der Waals surface area contributed by atoms with Gasteiger partial charge < -0.3 is 14.6 Å². The minimum atomic E-state index is -1.60. The number of carbonyl (C=O) groups excluding carboxylic acids is 1. The maximum Gasteiger partial charge on any atom is 0.364 e. The highest BCUT2D eigenvalue weighted by Gasteiger charge is 2.38. The quantitative estimate of drug-likeness (QED) is 0.263. The Morgan fingerprint density at radius 1 is 1.15 bits per heavy atom. The maximum absolute atomic E-state index is 12.2. The highest BCUT2D eigenvalue weighted by Crippen LogP contribution is 2.33. The molecule has 154 valence electrons. The zero-order valence-corrected chi connectivity index (χ0v) is 17.1. The van der Waals surface area contributed by atoms with E-state index in [0.29, 0.717) is 31.0 Å². The first-order valence-electron chi connectivity index (χ1n) is 10.2. The Bertz CT molecular complexity index is 505. The van der Waals surface area contributed by atoms with Gasteiger partial charge in [-0.1, -0.05) is 50.5 Å². The highest BCUT2D eigenvalue weighted by atomic mass is 16.7. The molecule has 5 heteroatoms. The molecule has 0 unspecified atom stereocenters. The van der Waals surface area contributed by atoms with Gasteiger partial charge in [-0.05, 0) is 38.0 Å². The average Bonchev–Trinajstić information content (AvgIpc) is 3.01. The number of unbranched alkanes of at least 4 members (excludes halogenated alkanes) is 4. The smallest absolute Gasteiger partial charge is 0.364 e. The van der Waals surface area contributed by atoms with Crippen molar-refractivity contribution in [3.05, 3.63) is 24.3 Å². The fraction of sp³-hybridized carbons (Fsp3) is 0.727. The van der Waals surface area contributed by atoms with Gasteiger partial charge in [-0.15, -0.1) is 0 Å². The van der Waals surface area contributed by atoms with Crippen molar-refractivity contribution in [1.29, 1.82) is 0 Å². The van der Waals surface area contributed by atoms with Crippen molar-refractivity contribution in [2.24, 2.45) is 11.8 Å². The van der Waals surface area contributed by atoms with E-state index in [1.54, 1.807) is 0 Å². The van der Waals surface area contributed by atoms with Crippen molar-refractivity contribution in [1.82, 2.24) is 0 Å². The number of aliphatic carboxylic acids is 1. The lowest BCUT2D eigenvalue weighted by molar-refractivity contribution is -0.227. The minimum Gasteiger partial charge on any atom is -0.477 e. The SMILES string of the molecule is CCCCCCC=C[C@H]1CCC(=O)[C@@H]1CC=CCCC(OC)(OC)C(=O)O. The summed E-state index contributed by atoms with van der Waals surface area (Å²) in [5.74, 6) is -1.99.